The minimum Gasteiger partial charge on any atom is -0.507 e. The fraction of sp³-hybridized carbons (Fsp3) is 0.0357. The molecule has 6 rings (SSSR count). The van der Waals surface area contributed by atoms with Gasteiger partial charge in [-0.25, -0.2) is 18.4 Å². The van der Waals surface area contributed by atoms with Gasteiger partial charge < -0.3 is 19.0 Å². The smallest absolute Gasteiger partial charge is 0.344 e. The van der Waals surface area contributed by atoms with Gasteiger partial charge in [-0.1, -0.05) is 18.2 Å². The van der Waals surface area contributed by atoms with Gasteiger partial charge in [0, 0.05) is 11.6 Å². The van der Waals surface area contributed by atoms with Crippen LogP contribution in [-0.2, 0) is 0 Å². The number of pyridine rings is 1. The number of aromatic hydroxyl groups is 2. The quantitative estimate of drug-likeness (QED) is 0.317. The van der Waals surface area contributed by atoms with E-state index in [0.29, 0.717) is 10.9 Å². The highest BCUT2D eigenvalue weighted by Gasteiger charge is 2.33. The number of hydrogen-bond acceptors (Lipinski definition) is 7. The summed E-state index contributed by atoms with van der Waals surface area (Å²) in [6.07, 6.45) is 1.37. The molecule has 0 unspecified atom stereocenters. The van der Waals surface area contributed by atoms with Crippen molar-refractivity contribution < 1.29 is 27.8 Å². The number of rotatable bonds is 3. The number of fused-ring (bicyclic) bond motifs is 3. The Balaban J connectivity index is 1.75. The average Bonchev–Trinajstić information content (AvgIpc) is 2.88. The summed E-state index contributed by atoms with van der Waals surface area (Å²) >= 11 is 0. The molecule has 2 N–H and O–H groups in total. The van der Waals surface area contributed by atoms with Gasteiger partial charge in [0.2, 0.25) is 0 Å². The van der Waals surface area contributed by atoms with Crippen molar-refractivity contribution in [2.75, 3.05) is 0 Å². The fourth-order valence-electron chi connectivity index (χ4n) is 4.58. The summed E-state index contributed by atoms with van der Waals surface area (Å²) in [5.41, 5.74) is -2.31. The lowest BCUT2D eigenvalue weighted by Gasteiger charge is -2.20. The number of para-hydroxylation sites is 1. The van der Waals surface area contributed by atoms with E-state index in [1.807, 2.05) is 0 Å². The molecule has 182 valence electrons. The van der Waals surface area contributed by atoms with Crippen LogP contribution in [0, 0.1) is 11.6 Å². The molecule has 0 aliphatic rings. The molecular formula is C28H15F2NO6. The molecule has 9 heteroatoms. The van der Waals surface area contributed by atoms with Crippen LogP contribution in [0.5, 0.6) is 11.5 Å². The Morgan fingerprint density at radius 3 is 1.84 bits per heavy atom. The Labute approximate surface area is 205 Å². The van der Waals surface area contributed by atoms with E-state index < -0.39 is 51.4 Å². The maximum Gasteiger partial charge on any atom is 0.344 e. The third kappa shape index (κ3) is 3.59. The van der Waals surface area contributed by atoms with E-state index in [0.717, 1.165) is 24.3 Å². The van der Waals surface area contributed by atoms with Crippen molar-refractivity contribution in [2.45, 2.75) is 5.92 Å². The van der Waals surface area contributed by atoms with Gasteiger partial charge >= 0.3 is 11.3 Å². The second-order valence-electron chi connectivity index (χ2n) is 8.48. The molecule has 0 bridgehead atoms. The van der Waals surface area contributed by atoms with Crippen LogP contribution in [0.25, 0.3) is 32.8 Å². The van der Waals surface area contributed by atoms with Crippen molar-refractivity contribution in [2.24, 2.45) is 0 Å². The van der Waals surface area contributed by atoms with Gasteiger partial charge in [0.05, 0.1) is 33.3 Å². The lowest BCUT2D eigenvalue weighted by Crippen LogP contribution is -2.21. The SMILES string of the molecule is O=c1oc2ccc(F)cc2c(O)c1C(c1cnc2ccccc2c1)c1c(O)c2cc(F)ccc2oc1=O. The first-order chi connectivity index (χ1) is 17.8. The number of aromatic nitrogens is 1. The minimum absolute atomic E-state index is 0.0834. The van der Waals surface area contributed by atoms with Crippen molar-refractivity contribution in [3.05, 3.63) is 122 Å². The highest BCUT2D eigenvalue weighted by atomic mass is 19.1. The Hall–Kier alpha value is -5.05. The second kappa shape index (κ2) is 8.27. The van der Waals surface area contributed by atoms with Crippen molar-refractivity contribution in [3.63, 3.8) is 0 Å². The van der Waals surface area contributed by atoms with Gasteiger partial charge in [-0.2, -0.15) is 0 Å². The van der Waals surface area contributed by atoms with Crippen LogP contribution in [0.1, 0.15) is 22.6 Å². The molecular weight excluding hydrogens is 484 g/mol. The highest BCUT2D eigenvalue weighted by molar-refractivity contribution is 5.87. The first-order valence-corrected chi connectivity index (χ1v) is 11.1. The first kappa shape index (κ1) is 22.4. The Morgan fingerprint density at radius 2 is 1.27 bits per heavy atom. The monoisotopic (exact) mass is 499 g/mol. The molecule has 3 heterocycles. The summed E-state index contributed by atoms with van der Waals surface area (Å²) in [5, 5.41) is 22.8. The average molecular weight is 499 g/mol. The van der Waals surface area contributed by atoms with Crippen molar-refractivity contribution in [3.8, 4) is 11.5 Å². The molecule has 0 fully saturated rings. The van der Waals surface area contributed by atoms with E-state index in [9.17, 15) is 28.6 Å². The fourth-order valence-corrected chi connectivity index (χ4v) is 4.58. The van der Waals surface area contributed by atoms with Crippen LogP contribution in [0.4, 0.5) is 8.78 Å². The maximum atomic E-state index is 14.0. The number of benzene rings is 3. The summed E-state index contributed by atoms with van der Waals surface area (Å²) in [7, 11) is 0. The van der Waals surface area contributed by atoms with E-state index >= 15 is 0 Å². The van der Waals surface area contributed by atoms with Gasteiger partial charge in [0.1, 0.15) is 34.3 Å². The lowest BCUT2D eigenvalue weighted by molar-refractivity contribution is 0.441. The zero-order valence-corrected chi connectivity index (χ0v) is 18.7. The van der Waals surface area contributed by atoms with Gasteiger partial charge in [-0.15, -0.1) is 0 Å². The van der Waals surface area contributed by atoms with E-state index in [2.05, 4.69) is 4.98 Å². The van der Waals surface area contributed by atoms with Gasteiger partial charge in [-0.3, -0.25) is 4.98 Å². The summed E-state index contributed by atoms with van der Waals surface area (Å²) in [6, 6.07) is 15.1. The predicted molar refractivity (Wildman–Crippen MR) is 131 cm³/mol. The van der Waals surface area contributed by atoms with Crippen LogP contribution in [0.2, 0.25) is 0 Å². The van der Waals surface area contributed by atoms with Crippen LogP contribution in [0.3, 0.4) is 0 Å². The number of nitrogens with zero attached hydrogens (tertiary/aromatic N) is 1. The van der Waals surface area contributed by atoms with Crippen LogP contribution >= 0.6 is 0 Å². The molecule has 0 spiro atoms. The third-order valence-electron chi connectivity index (χ3n) is 6.27. The summed E-state index contributed by atoms with van der Waals surface area (Å²) in [5.74, 6) is -4.17. The molecule has 3 aromatic carbocycles. The lowest BCUT2D eigenvalue weighted by atomic mass is 9.85. The van der Waals surface area contributed by atoms with Gasteiger partial charge in [0.15, 0.2) is 0 Å². The molecule has 0 saturated carbocycles. The van der Waals surface area contributed by atoms with Gasteiger partial charge in [0.25, 0.3) is 0 Å². The second-order valence-corrected chi connectivity index (χ2v) is 8.48. The third-order valence-corrected chi connectivity index (χ3v) is 6.27. The van der Waals surface area contributed by atoms with E-state index in [-0.39, 0.29) is 27.5 Å². The normalized spacial score (nSPS) is 11.6. The number of halogens is 2. The topological polar surface area (TPSA) is 114 Å². The molecule has 0 atom stereocenters. The molecule has 0 radical (unpaired) electrons. The molecule has 0 aliphatic carbocycles. The van der Waals surface area contributed by atoms with Crippen LogP contribution in [-0.4, -0.2) is 15.2 Å². The zero-order chi connectivity index (χ0) is 25.8. The van der Waals surface area contributed by atoms with Crippen molar-refractivity contribution in [1.29, 1.82) is 0 Å². The predicted octanol–water partition coefficient (Wildman–Crippen LogP) is 5.32. The minimum atomic E-state index is -1.47. The molecule has 7 nitrogen and oxygen atoms in total. The zero-order valence-electron chi connectivity index (χ0n) is 18.7. The summed E-state index contributed by atoms with van der Waals surface area (Å²) < 4.78 is 38.8. The molecule has 3 aromatic heterocycles. The van der Waals surface area contributed by atoms with Crippen LogP contribution in [0.15, 0.2) is 91.4 Å². The Morgan fingerprint density at radius 1 is 0.730 bits per heavy atom. The molecule has 0 saturated heterocycles. The largest absolute Gasteiger partial charge is 0.507 e. The molecule has 0 aliphatic heterocycles. The van der Waals surface area contributed by atoms with Crippen molar-refractivity contribution >= 4 is 32.8 Å². The van der Waals surface area contributed by atoms with E-state index in [4.69, 9.17) is 8.83 Å². The van der Waals surface area contributed by atoms with E-state index in [1.165, 1.54) is 18.3 Å². The maximum absolute atomic E-state index is 14.0. The Kier molecular flexibility index (Phi) is 5.01. The van der Waals surface area contributed by atoms with Crippen LogP contribution < -0.4 is 11.3 Å². The molecule has 37 heavy (non-hydrogen) atoms. The van der Waals surface area contributed by atoms with E-state index in [1.54, 1.807) is 30.3 Å². The molecule has 0 amide bonds. The highest BCUT2D eigenvalue weighted by Crippen LogP contribution is 2.42. The Bertz CT molecular complexity index is 1890. The number of hydrogen-bond donors (Lipinski definition) is 2. The molecule has 6 aromatic rings. The van der Waals surface area contributed by atoms with Gasteiger partial charge in [-0.05, 0) is 54.1 Å². The van der Waals surface area contributed by atoms with Crippen molar-refractivity contribution in [1.82, 2.24) is 4.98 Å². The first-order valence-electron chi connectivity index (χ1n) is 11.1. The summed E-state index contributed by atoms with van der Waals surface area (Å²) in [6.45, 7) is 0. The standard InChI is InChI=1S/C28H15F2NO6/c29-15-5-7-20-17(10-15)25(32)23(27(34)36-20)22(14-9-13-3-1-2-4-19(13)31-12-14)24-26(33)18-11-16(30)6-8-21(18)37-28(24)35/h1-12,22,32-33H. The summed E-state index contributed by atoms with van der Waals surface area (Å²) in [4.78, 5) is 30.8.